The fourth-order valence-corrected chi connectivity index (χ4v) is 4.90. The molecule has 192 valence electrons. The summed E-state index contributed by atoms with van der Waals surface area (Å²) in [5.74, 6) is 0.193. The Morgan fingerprint density at radius 1 is 1.00 bits per heavy atom. The first-order valence-electron chi connectivity index (χ1n) is 12.3. The van der Waals surface area contributed by atoms with Crippen LogP contribution < -0.4 is 5.32 Å². The van der Waals surface area contributed by atoms with Crippen LogP contribution in [0.2, 0.25) is 0 Å². The standard InChI is InChI=1S/C25H34F3N5O2/c1-16-17(2)24(31-30-23(16)21-6-5-18(14-22(21)35)25(26,27)28)29-19-4-3-9-33(15-19)13-12-32-10-7-20(34)8-11-32/h5-6,14,19-20,34-35H,3-4,7-13,15H2,1-2H3,(H,29,31)/t19-/m1/s1. The van der Waals surface area contributed by atoms with Crippen molar-refractivity contribution in [2.45, 2.75) is 57.9 Å². The molecule has 1 atom stereocenters. The number of rotatable bonds is 6. The summed E-state index contributed by atoms with van der Waals surface area (Å²) in [6.45, 7) is 9.60. The van der Waals surface area contributed by atoms with Crippen molar-refractivity contribution >= 4 is 5.82 Å². The summed E-state index contributed by atoms with van der Waals surface area (Å²) in [7, 11) is 0. The number of hydrogen-bond acceptors (Lipinski definition) is 7. The normalized spacial score (nSPS) is 20.8. The number of halogens is 3. The largest absolute Gasteiger partial charge is 0.507 e. The third-order valence-electron chi connectivity index (χ3n) is 7.24. The van der Waals surface area contributed by atoms with Gasteiger partial charge in [-0.2, -0.15) is 13.2 Å². The second-order valence-electron chi connectivity index (χ2n) is 9.73. The van der Waals surface area contributed by atoms with Crippen molar-refractivity contribution in [3.8, 4) is 17.0 Å². The van der Waals surface area contributed by atoms with Crippen LogP contribution >= 0.6 is 0 Å². The van der Waals surface area contributed by atoms with Crippen LogP contribution in [-0.2, 0) is 6.18 Å². The second kappa shape index (κ2) is 10.7. The predicted octanol–water partition coefficient (Wildman–Crippen LogP) is 3.82. The number of alkyl halides is 3. The molecule has 0 aliphatic carbocycles. The molecule has 0 amide bonds. The molecule has 2 saturated heterocycles. The Hall–Kier alpha value is -2.43. The van der Waals surface area contributed by atoms with E-state index in [0.717, 1.165) is 88.2 Å². The van der Waals surface area contributed by atoms with Crippen molar-refractivity contribution in [2.24, 2.45) is 0 Å². The molecular weight excluding hydrogens is 459 g/mol. The van der Waals surface area contributed by atoms with Gasteiger partial charge in [-0.05, 0) is 75.4 Å². The van der Waals surface area contributed by atoms with Crippen molar-refractivity contribution in [3.63, 3.8) is 0 Å². The third kappa shape index (κ3) is 6.23. The SMILES string of the molecule is Cc1c(N[C@@H]2CCCN(CCN3CCC(O)CC3)C2)nnc(-c2ccc(C(F)(F)F)cc2O)c1C. The number of hydrogen-bond donors (Lipinski definition) is 3. The zero-order valence-corrected chi connectivity index (χ0v) is 20.3. The zero-order valence-electron chi connectivity index (χ0n) is 20.3. The topological polar surface area (TPSA) is 84.8 Å². The summed E-state index contributed by atoms with van der Waals surface area (Å²) < 4.78 is 38.8. The minimum Gasteiger partial charge on any atom is -0.507 e. The molecule has 3 heterocycles. The van der Waals surface area contributed by atoms with Crippen LogP contribution in [0.25, 0.3) is 11.3 Å². The van der Waals surface area contributed by atoms with Crippen LogP contribution in [0.5, 0.6) is 5.75 Å². The highest BCUT2D eigenvalue weighted by Gasteiger charge is 2.31. The molecule has 0 bridgehead atoms. The van der Waals surface area contributed by atoms with Crippen molar-refractivity contribution in [1.82, 2.24) is 20.0 Å². The number of benzene rings is 1. The van der Waals surface area contributed by atoms with Gasteiger partial charge >= 0.3 is 6.18 Å². The lowest BCUT2D eigenvalue weighted by molar-refractivity contribution is -0.137. The van der Waals surface area contributed by atoms with E-state index >= 15 is 0 Å². The maximum absolute atomic E-state index is 12.9. The van der Waals surface area contributed by atoms with Gasteiger partial charge < -0.3 is 25.3 Å². The van der Waals surface area contributed by atoms with Crippen molar-refractivity contribution in [3.05, 3.63) is 34.9 Å². The highest BCUT2D eigenvalue weighted by atomic mass is 19.4. The molecule has 3 N–H and O–H groups in total. The Labute approximate surface area is 204 Å². The van der Waals surface area contributed by atoms with Gasteiger partial charge in [0.1, 0.15) is 5.75 Å². The molecule has 0 saturated carbocycles. The molecule has 0 unspecified atom stereocenters. The van der Waals surface area contributed by atoms with Gasteiger partial charge in [-0.25, -0.2) is 0 Å². The summed E-state index contributed by atoms with van der Waals surface area (Å²) >= 11 is 0. The predicted molar refractivity (Wildman–Crippen MR) is 128 cm³/mol. The lowest BCUT2D eigenvalue weighted by Gasteiger charge is -2.36. The number of phenolic OH excluding ortho intramolecular Hbond substituents is 1. The highest BCUT2D eigenvalue weighted by Crippen LogP contribution is 2.37. The van der Waals surface area contributed by atoms with Crippen molar-refractivity contribution < 1.29 is 23.4 Å². The van der Waals surface area contributed by atoms with E-state index in [2.05, 4.69) is 25.3 Å². The van der Waals surface area contributed by atoms with E-state index in [4.69, 9.17) is 0 Å². The maximum Gasteiger partial charge on any atom is 0.416 e. The summed E-state index contributed by atoms with van der Waals surface area (Å²) in [5, 5.41) is 32.0. The molecule has 10 heteroatoms. The average Bonchev–Trinajstić information content (AvgIpc) is 2.82. The quantitative estimate of drug-likeness (QED) is 0.564. The maximum atomic E-state index is 12.9. The van der Waals surface area contributed by atoms with E-state index in [9.17, 15) is 23.4 Å². The van der Waals surface area contributed by atoms with E-state index in [1.165, 1.54) is 6.07 Å². The first-order chi connectivity index (χ1) is 16.6. The lowest BCUT2D eigenvalue weighted by Crippen LogP contribution is -2.46. The third-order valence-corrected chi connectivity index (χ3v) is 7.24. The molecule has 7 nitrogen and oxygen atoms in total. The first-order valence-corrected chi connectivity index (χ1v) is 12.3. The van der Waals surface area contributed by atoms with Crippen LogP contribution in [0.1, 0.15) is 42.4 Å². The van der Waals surface area contributed by atoms with Crippen LogP contribution in [-0.4, -0.2) is 81.6 Å². The van der Waals surface area contributed by atoms with E-state index in [0.29, 0.717) is 11.5 Å². The Morgan fingerprint density at radius 2 is 1.71 bits per heavy atom. The van der Waals surface area contributed by atoms with E-state index in [-0.39, 0.29) is 17.7 Å². The van der Waals surface area contributed by atoms with E-state index < -0.39 is 17.5 Å². The fourth-order valence-electron chi connectivity index (χ4n) is 4.90. The summed E-state index contributed by atoms with van der Waals surface area (Å²) in [4.78, 5) is 4.87. The number of nitrogens with zero attached hydrogens (tertiary/aromatic N) is 4. The highest BCUT2D eigenvalue weighted by molar-refractivity contribution is 5.72. The number of nitrogens with one attached hydrogen (secondary N) is 1. The number of anilines is 1. The lowest BCUT2D eigenvalue weighted by atomic mass is 10.0. The van der Waals surface area contributed by atoms with Gasteiger partial charge in [-0.1, -0.05) is 0 Å². The molecule has 2 fully saturated rings. The number of aromatic nitrogens is 2. The average molecular weight is 494 g/mol. The van der Waals surface area contributed by atoms with Gasteiger partial charge in [0.2, 0.25) is 0 Å². The number of aliphatic hydroxyl groups excluding tert-OH is 1. The Bertz CT molecular complexity index is 1020. The number of aliphatic hydroxyl groups is 1. The van der Waals surface area contributed by atoms with E-state index in [1.807, 2.05) is 13.8 Å². The molecule has 35 heavy (non-hydrogen) atoms. The summed E-state index contributed by atoms with van der Waals surface area (Å²) in [5.41, 5.74) is 1.32. The fraction of sp³-hybridized carbons (Fsp3) is 0.600. The molecule has 2 aromatic rings. The van der Waals surface area contributed by atoms with E-state index in [1.54, 1.807) is 0 Å². The Balaban J connectivity index is 1.40. The summed E-state index contributed by atoms with van der Waals surface area (Å²) in [6, 6.07) is 3.13. The van der Waals surface area contributed by atoms with Crippen LogP contribution in [0.15, 0.2) is 18.2 Å². The van der Waals surface area contributed by atoms with Gasteiger partial charge in [0, 0.05) is 44.3 Å². The summed E-state index contributed by atoms with van der Waals surface area (Å²) in [6.07, 6.45) is -0.876. The first kappa shape index (κ1) is 25.7. The number of aromatic hydroxyl groups is 1. The number of likely N-dealkylation sites (tertiary alicyclic amines) is 2. The van der Waals surface area contributed by atoms with Gasteiger partial charge in [0.15, 0.2) is 5.82 Å². The Morgan fingerprint density at radius 3 is 2.40 bits per heavy atom. The zero-order chi connectivity index (χ0) is 25.2. The minimum atomic E-state index is -4.52. The van der Waals surface area contributed by atoms with Gasteiger partial charge in [-0.3, -0.25) is 0 Å². The van der Waals surface area contributed by atoms with Gasteiger partial charge in [0.25, 0.3) is 0 Å². The molecule has 1 aromatic heterocycles. The van der Waals surface area contributed by atoms with Crippen molar-refractivity contribution in [1.29, 1.82) is 0 Å². The van der Waals surface area contributed by atoms with Gasteiger partial charge in [0.05, 0.1) is 17.4 Å². The van der Waals surface area contributed by atoms with Crippen LogP contribution in [0.4, 0.5) is 19.0 Å². The molecular formula is C25H34F3N5O2. The molecule has 1 aromatic carbocycles. The smallest absolute Gasteiger partial charge is 0.416 e. The van der Waals surface area contributed by atoms with Crippen LogP contribution in [0, 0.1) is 13.8 Å². The molecule has 2 aliphatic heterocycles. The van der Waals surface area contributed by atoms with Crippen LogP contribution in [0.3, 0.4) is 0 Å². The van der Waals surface area contributed by atoms with Crippen molar-refractivity contribution in [2.75, 3.05) is 44.6 Å². The Kier molecular flexibility index (Phi) is 7.83. The molecule has 0 spiro atoms. The minimum absolute atomic E-state index is 0.155. The van der Waals surface area contributed by atoms with Gasteiger partial charge in [-0.15, -0.1) is 10.2 Å². The second-order valence-corrected chi connectivity index (χ2v) is 9.73. The number of phenols is 1. The molecule has 2 aliphatic rings. The molecule has 4 rings (SSSR count). The number of piperidine rings is 2. The monoisotopic (exact) mass is 493 g/mol. The molecule has 0 radical (unpaired) electrons.